The van der Waals surface area contributed by atoms with Crippen molar-refractivity contribution >= 4 is 28.4 Å². The molecule has 0 saturated carbocycles. The molecule has 2 aromatic rings. The Morgan fingerprint density at radius 3 is 2.44 bits per heavy atom. The molecule has 8 nitrogen and oxygen atoms in total. The summed E-state index contributed by atoms with van der Waals surface area (Å²) in [6, 6.07) is 6.47. The normalized spacial score (nSPS) is 12.8. The Hall–Kier alpha value is -2.68. The van der Waals surface area contributed by atoms with Crippen LogP contribution in [0.3, 0.4) is 0 Å². The third kappa shape index (κ3) is 5.40. The van der Waals surface area contributed by atoms with Crippen molar-refractivity contribution in [1.29, 1.82) is 0 Å². The average Bonchev–Trinajstić information content (AvgIpc) is 3.13. The van der Waals surface area contributed by atoms with Crippen molar-refractivity contribution in [2.45, 2.75) is 26.3 Å². The molecule has 3 amide bonds. The van der Waals surface area contributed by atoms with Gasteiger partial charge in [0, 0.05) is 19.7 Å². The molecule has 0 saturated heterocycles. The van der Waals surface area contributed by atoms with E-state index in [-0.39, 0.29) is 17.9 Å². The molecule has 1 aromatic carbocycles. The molecule has 2 N–H and O–H groups in total. The second kappa shape index (κ2) is 9.31. The van der Waals surface area contributed by atoms with Gasteiger partial charge in [-0.1, -0.05) is 31.6 Å². The Balaban J connectivity index is 2.10. The van der Waals surface area contributed by atoms with E-state index in [1.807, 2.05) is 38.1 Å². The minimum Gasteiger partial charge on any atom is -0.497 e. The summed E-state index contributed by atoms with van der Waals surface area (Å²) in [7, 11) is 4.87. The summed E-state index contributed by atoms with van der Waals surface area (Å²) in [6.07, 6.45) is 0.749. The third-order valence-corrected chi connectivity index (χ3v) is 5.06. The van der Waals surface area contributed by atoms with E-state index in [9.17, 15) is 9.59 Å². The van der Waals surface area contributed by atoms with Crippen LogP contribution < -0.4 is 15.4 Å². The van der Waals surface area contributed by atoms with Crippen molar-refractivity contribution in [1.82, 2.24) is 20.4 Å². The zero-order chi connectivity index (χ0) is 20.0. The number of amides is 3. The van der Waals surface area contributed by atoms with Crippen LogP contribution in [0.4, 0.5) is 9.93 Å². The molecule has 9 heteroatoms. The highest BCUT2D eigenvalue weighted by Gasteiger charge is 2.27. The van der Waals surface area contributed by atoms with Crippen LogP contribution in [0.2, 0.25) is 0 Å². The third-order valence-electron chi connectivity index (χ3n) is 4.17. The van der Waals surface area contributed by atoms with Crippen LogP contribution in [0.5, 0.6) is 5.75 Å². The van der Waals surface area contributed by atoms with Crippen LogP contribution in [0, 0.1) is 5.92 Å². The fraction of sp³-hybridized carbons (Fsp3) is 0.444. The fourth-order valence-electron chi connectivity index (χ4n) is 2.27. The predicted molar refractivity (Wildman–Crippen MR) is 106 cm³/mol. The van der Waals surface area contributed by atoms with E-state index in [2.05, 4.69) is 20.8 Å². The number of hydrogen-bond acceptors (Lipinski definition) is 6. The number of aromatic nitrogens is 2. The number of anilines is 1. The van der Waals surface area contributed by atoms with Crippen LogP contribution in [0.25, 0.3) is 10.6 Å². The van der Waals surface area contributed by atoms with Gasteiger partial charge in [-0.3, -0.25) is 10.1 Å². The highest BCUT2D eigenvalue weighted by atomic mass is 32.1. The number of methoxy groups -OCH3 is 1. The molecule has 1 heterocycles. The minimum atomic E-state index is -0.654. The molecule has 0 aliphatic heterocycles. The summed E-state index contributed by atoms with van der Waals surface area (Å²) >= 11 is 1.27. The van der Waals surface area contributed by atoms with Crippen molar-refractivity contribution in [3.05, 3.63) is 24.3 Å². The molecule has 2 atom stereocenters. The summed E-state index contributed by atoms with van der Waals surface area (Å²) in [5, 5.41) is 14.8. The highest BCUT2D eigenvalue weighted by molar-refractivity contribution is 7.18. The van der Waals surface area contributed by atoms with Crippen molar-refractivity contribution in [3.63, 3.8) is 0 Å². The molecule has 1 aromatic heterocycles. The van der Waals surface area contributed by atoms with Crippen molar-refractivity contribution in [2.24, 2.45) is 5.92 Å². The van der Waals surface area contributed by atoms with Crippen molar-refractivity contribution < 1.29 is 14.3 Å². The highest BCUT2D eigenvalue weighted by Crippen LogP contribution is 2.28. The quantitative estimate of drug-likeness (QED) is 0.756. The number of rotatable bonds is 7. The largest absolute Gasteiger partial charge is 0.497 e. The molecule has 0 aliphatic carbocycles. The van der Waals surface area contributed by atoms with E-state index in [4.69, 9.17) is 4.74 Å². The van der Waals surface area contributed by atoms with Gasteiger partial charge in [0.15, 0.2) is 0 Å². The van der Waals surface area contributed by atoms with Gasteiger partial charge in [0.2, 0.25) is 11.0 Å². The summed E-state index contributed by atoms with van der Waals surface area (Å²) in [4.78, 5) is 26.0. The monoisotopic (exact) mass is 391 g/mol. The van der Waals surface area contributed by atoms with Crippen LogP contribution in [-0.2, 0) is 4.79 Å². The lowest BCUT2D eigenvalue weighted by Crippen LogP contribution is -2.50. The maximum Gasteiger partial charge on any atom is 0.317 e. The summed E-state index contributed by atoms with van der Waals surface area (Å²) in [5.74, 6) is 0.421. The second-order valence-electron chi connectivity index (χ2n) is 6.34. The summed E-state index contributed by atoms with van der Waals surface area (Å²) in [5.41, 5.74) is 0.883. The van der Waals surface area contributed by atoms with E-state index >= 15 is 0 Å². The van der Waals surface area contributed by atoms with Gasteiger partial charge < -0.3 is 15.0 Å². The van der Waals surface area contributed by atoms with Crippen molar-refractivity contribution in [3.8, 4) is 16.3 Å². The number of nitrogens with one attached hydrogen (secondary N) is 2. The first-order valence-electron chi connectivity index (χ1n) is 8.62. The number of hydrogen-bond donors (Lipinski definition) is 2. The van der Waals surface area contributed by atoms with E-state index in [0.717, 1.165) is 17.7 Å². The average molecular weight is 391 g/mol. The van der Waals surface area contributed by atoms with Crippen LogP contribution in [-0.4, -0.2) is 54.3 Å². The lowest BCUT2D eigenvalue weighted by Gasteiger charge is -2.24. The Bertz CT molecular complexity index is 776. The van der Waals surface area contributed by atoms with Crippen LogP contribution in [0.1, 0.15) is 20.3 Å². The van der Waals surface area contributed by atoms with E-state index < -0.39 is 6.04 Å². The van der Waals surface area contributed by atoms with Crippen LogP contribution >= 0.6 is 11.3 Å². The molecular formula is C18H25N5O3S. The molecule has 146 valence electrons. The second-order valence-corrected chi connectivity index (χ2v) is 7.31. The maximum absolute atomic E-state index is 12.7. The lowest BCUT2D eigenvalue weighted by molar-refractivity contribution is -0.119. The molecule has 0 aliphatic rings. The topological polar surface area (TPSA) is 96.5 Å². The van der Waals surface area contributed by atoms with Gasteiger partial charge in [-0.25, -0.2) is 4.79 Å². The Morgan fingerprint density at radius 1 is 1.22 bits per heavy atom. The first kappa shape index (κ1) is 20.6. The Morgan fingerprint density at radius 2 is 1.89 bits per heavy atom. The number of ether oxygens (including phenoxy) is 1. The molecule has 0 radical (unpaired) electrons. The van der Waals surface area contributed by atoms with Gasteiger partial charge in [-0.15, -0.1) is 10.2 Å². The van der Waals surface area contributed by atoms with Crippen LogP contribution in [0.15, 0.2) is 24.3 Å². The molecule has 27 heavy (non-hydrogen) atoms. The van der Waals surface area contributed by atoms with E-state index in [1.165, 1.54) is 16.2 Å². The molecule has 0 bridgehead atoms. The predicted octanol–water partition coefficient (Wildman–Crippen LogP) is 2.84. The number of nitrogens with zero attached hydrogens (tertiary/aromatic N) is 3. The standard InChI is InChI=1S/C18H25N5O3S/c1-6-11(2)14(19-18(25)23(3)4)15(24)20-17-22-21-16(27-17)12-7-9-13(26-5)10-8-12/h7-11,14H,6H2,1-5H3,(H,19,25)(H,20,22,24). The van der Waals surface area contributed by atoms with Gasteiger partial charge in [0.1, 0.15) is 16.8 Å². The van der Waals surface area contributed by atoms with Gasteiger partial charge in [-0.05, 0) is 30.2 Å². The number of benzene rings is 1. The number of urea groups is 1. The van der Waals surface area contributed by atoms with E-state index in [0.29, 0.717) is 10.1 Å². The summed E-state index contributed by atoms with van der Waals surface area (Å²) in [6.45, 7) is 3.89. The zero-order valence-corrected chi connectivity index (χ0v) is 17.0. The SMILES string of the molecule is CCC(C)C(NC(=O)N(C)C)C(=O)Nc1nnc(-c2ccc(OC)cc2)s1. The fourth-order valence-corrected chi connectivity index (χ4v) is 3.02. The molecular weight excluding hydrogens is 366 g/mol. The number of carbonyl (C=O) groups is 2. The maximum atomic E-state index is 12.7. The van der Waals surface area contributed by atoms with Gasteiger partial charge in [-0.2, -0.15) is 0 Å². The summed E-state index contributed by atoms with van der Waals surface area (Å²) < 4.78 is 5.14. The minimum absolute atomic E-state index is 0.0251. The van der Waals surface area contributed by atoms with Gasteiger partial charge in [0.25, 0.3) is 0 Å². The van der Waals surface area contributed by atoms with Gasteiger partial charge in [0.05, 0.1) is 7.11 Å². The first-order chi connectivity index (χ1) is 12.8. The van der Waals surface area contributed by atoms with Crippen molar-refractivity contribution in [2.75, 3.05) is 26.5 Å². The van der Waals surface area contributed by atoms with E-state index in [1.54, 1.807) is 21.2 Å². The Kier molecular flexibility index (Phi) is 7.12. The zero-order valence-electron chi connectivity index (χ0n) is 16.1. The molecule has 0 fully saturated rings. The lowest BCUT2D eigenvalue weighted by atomic mass is 9.98. The first-order valence-corrected chi connectivity index (χ1v) is 9.44. The molecule has 0 spiro atoms. The molecule has 2 rings (SSSR count). The Labute approximate surface area is 162 Å². The number of carbonyl (C=O) groups excluding carboxylic acids is 2. The smallest absolute Gasteiger partial charge is 0.317 e. The molecule has 2 unspecified atom stereocenters. The van der Waals surface area contributed by atoms with Gasteiger partial charge >= 0.3 is 6.03 Å².